The van der Waals surface area contributed by atoms with E-state index in [9.17, 15) is 14.0 Å². The van der Waals surface area contributed by atoms with Crippen LogP contribution in [0.5, 0.6) is 0 Å². The molecule has 23 heavy (non-hydrogen) atoms. The lowest BCUT2D eigenvalue weighted by molar-refractivity contribution is 0.626. The number of hydrogen-bond donors (Lipinski definition) is 2. The lowest BCUT2D eigenvalue weighted by atomic mass is 10.3. The molecule has 0 unspecified atom stereocenters. The van der Waals surface area contributed by atoms with Crippen LogP contribution in [0.1, 0.15) is 12.8 Å². The molecule has 8 heteroatoms. The predicted octanol–water partition coefficient (Wildman–Crippen LogP) is 1.18. The van der Waals surface area contributed by atoms with E-state index >= 15 is 0 Å². The first-order chi connectivity index (χ1) is 11.1. The molecule has 7 nitrogen and oxygen atoms in total. The van der Waals surface area contributed by atoms with Crippen molar-refractivity contribution in [2.45, 2.75) is 18.9 Å². The third-order valence-corrected chi connectivity index (χ3v) is 3.63. The van der Waals surface area contributed by atoms with Crippen molar-refractivity contribution < 1.29 is 4.39 Å². The van der Waals surface area contributed by atoms with Gasteiger partial charge in [0, 0.05) is 12.2 Å². The largest absolute Gasteiger partial charge is 0.351 e. The maximum Gasteiger partial charge on any atom is 0.334 e. The van der Waals surface area contributed by atoms with Crippen molar-refractivity contribution in [3.63, 3.8) is 0 Å². The van der Waals surface area contributed by atoms with Crippen LogP contribution in [-0.4, -0.2) is 25.6 Å². The Bertz CT molecular complexity index is 1020. The Morgan fingerprint density at radius 3 is 2.87 bits per heavy atom. The zero-order valence-electron chi connectivity index (χ0n) is 11.9. The molecule has 0 spiro atoms. The van der Waals surface area contributed by atoms with Crippen LogP contribution in [0.4, 0.5) is 10.3 Å². The van der Waals surface area contributed by atoms with E-state index in [-0.39, 0.29) is 16.7 Å². The predicted molar refractivity (Wildman–Crippen MR) is 82.4 cm³/mol. The smallest absolute Gasteiger partial charge is 0.334 e. The van der Waals surface area contributed by atoms with Gasteiger partial charge in [-0.1, -0.05) is 6.07 Å². The zero-order valence-corrected chi connectivity index (χ0v) is 11.9. The second kappa shape index (κ2) is 5.01. The van der Waals surface area contributed by atoms with Crippen molar-refractivity contribution in [3.05, 3.63) is 57.1 Å². The quantitative estimate of drug-likeness (QED) is 0.757. The Kier molecular flexibility index (Phi) is 2.97. The van der Waals surface area contributed by atoms with Crippen LogP contribution < -0.4 is 16.6 Å². The lowest BCUT2D eigenvalue weighted by Gasteiger charge is -2.07. The van der Waals surface area contributed by atoms with Crippen molar-refractivity contribution in [2.75, 3.05) is 5.32 Å². The highest BCUT2D eigenvalue weighted by molar-refractivity contribution is 5.73. The van der Waals surface area contributed by atoms with E-state index in [4.69, 9.17) is 0 Å². The fraction of sp³-hybridized carbons (Fsp3) is 0.200. The van der Waals surface area contributed by atoms with E-state index in [0.717, 1.165) is 23.5 Å². The first-order valence-corrected chi connectivity index (χ1v) is 7.16. The Hall–Kier alpha value is -3.03. The molecule has 3 aromatic rings. The van der Waals surface area contributed by atoms with Gasteiger partial charge in [-0.2, -0.15) is 4.98 Å². The molecule has 2 N–H and O–H groups in total. The zero-order chi connectivity index (χ0) is 16.0. The summed E-state index contributed by atoms with van der Waals surface area (Å²) in [7, 11) is 0. The number of rotatable bonds is 3. The minimum absolute atomic E-state index is 0.151. The minimum atomic E-state index is -0.677. The summed E-state index contributed by atoms with van der Waals surface area (Å²) < 4.78 is 14.2. The number of hydrogen-bond acceptors (Lipinski definition) is 5. The molecule has 1 aliphatic carbocycles. The Balaban J connectivity index is 1.90. The molecule has 2 aromatic heterocycles. The monoisotopic (exact) mass is 313 g/mol. The fourth-order valence-corrected chi connectivity index (χ4v) is 2.33. The highest BCUT2D eigenvalue weighted by Gasteiger charge is 2.22. The van der Waals surface area contributed by atoms with Crippen molar-refractivity contribution >= 4 is 17.0 Å². The molecule has 1 saturated carbocycles. The van der Waals surface area contributed by atoms with Crippen molar-refractivity contribution in [1.29, 1.82) is 0 Å². The lowest BCUT2D eigenvalue weighted by Crippen LogP contribution is -2.34. The summed E-state index contributed by atoms with van der Waals surface area (Å²) in [6.45, 7) is 0. The van der Waals surface area contributed by atoms with Gasteiger partial charge in [0.05, 0.1) is 5.69 Å². The summed E-state index contributed by atoms with van der Waals surface area (Å²) in [4.78, 5) is 35.6. The third kappa shape index (κ3) is 2.48. The molecule has 0 radical (unpaired) electrons. The average molecular weight is 313 g/mol. The van der Waals surface area contributed by atoms with Crippen LogP contribution >= 0.6 is 0 Å². The fourth-order valence-electron chi connectivity index (χ4n) is 2.33. The standard InChI is InChI=1S/C15H12FN5O2/c16-8-2-1-3-10(6-8)21-13(22)11-7-17-14(18-9-4-5-9)19-12(11)20-15(21)23/h1-3,6-7,9H,4-5H2,(H2,17,18,19,20,23). The number of halogens is 1. The number of benzene rings is 1. The van der Waals surface area contributed by atoms with E-state index in [2.05, 4.69) is 20.3 Å². The van der Waals surface area contributed by atoms with Crippen LogP contribution in [0.3, 0.4) is 0 Å². The molecular formula is C15H12FN5O2. The first-order valence-electron chi connectivity index (χ1n) is 7.16. The van der Waals surface area contributed by atoms with Crippen molar-refractivity contribution in [2.24, 2.45) is 0 Å². The van der Waals surface area contributed by atoms with Crippen LogP contribution in [0, 0.1) is 5.82 Å². The van der Waals surface area contributed by atoms with Crippen LogP contribution in [0.25, 0.3) is 16.7 Å². The van der Waals surface area contributed by atoms with Gasteiger partial charge in [0.2, 0.25) is 5.95 Å². The minimum Gasteiger partial charge on any atom is -0.351 e. The summed E-state index contributed by atoms with van der Waals surface area (Å²) >= 11 is 0. The van der Waals surface area contributed by atoms with Gasteiger partial charge in [0.15, 0.2) is 5.65 Å². The van der Waals surface area contributed by atoms with Gasteiger partial charge in [-0.05, 0) is 31.0 Å². The molecule has 0 atom stereocenters. The summed E-state index contributed by atoms with van der Waals surface area (Å²) in [5.41, 5.74) is -0.958. The van der Waals surface area contributed by atoms with E-state index in [0.29, 0.717) is 12.0 Å². The van der Waals surface area contributed by atoms with Gasteiger partial charge >= 0.3 is 5.69 Å². The maximum atomic E-state index is 13.3. The van der Waals surface area contributed by atoms with Gasteiger partial charge < -0.3 is 5.32 Å². The molecule has 116 valence electrons. The highest BCUT2D eigenvalue weighted by Crippen LogP contribution is 2.22. The first kappa shape index (κ1) is 13.6. The number of fused-ring (bicyclic) bond motifs is 1. The molecule has 1 aromatic carbocycles. The second-order valence-electron chi connectivity index (χ2n) is 5.43. The summed E-state index contributed by atoms with van der Waals surface area (Å²) in [5.74, 6) is -0.160. The molecule has 0 saturated heterocycles. The van der Waals surface area contributed by atoms with Crippen molar-refractivity contribution in [1.82, 2.24) is 19.5 Å². The average Bonchev–Trinajstić information content (AvgIpc) is 3.31. The molecule has 1 aliphatic rings. The SMILES string of the molecule is O=c1[nH]c2nc(NC3CC3)ncc2c(=O)n1-c1cccc(F)c1. The topological polar surface area (TPSA) is 92.7 Å². The summed E-state index contributed by atoms with van der Waals surface area (Å²) in [5, 5.41) is 3.26. The van der Waals surface area contributed by atoms with Crippen LogP contribution in [0.2, 0.25) is 0 Å². The molecule has 4 rings (SSSR count). The number of H-pyrrole nitrogens is 1. The maximum absolute atomic E-state index is 13.3. The highest BCUT2D eigenvalue weighted by atomic mass is 19.1. The van der Waals surface area contributed by atoms with Gasteiger partial charge in [0.25, 0.3) is 5.56 Å². The molecule has 2 heterocycles. The molecule has 0 aliphatic heterocycles. The van der Waals surface area contributed by atoms with Gasteiger partial charge in [-0.15, -0.1) is 0 Å². The normalized spacial score (nSPS) is 14.1. The molecule has 0 bridgehead atoms. The van der Waals surface area contributed by atoms with E-state index < -0.39 is 17.1 Å². The Labute approximate surface area is 128 Å². The molecular weight excluding hydrogens is 301 g/mol. The van der Waals surface area contributed by atoms with Crippen LogP contribution in [-0.2, 0) is 0 Å². The Morgan fingerprint density at radius 1 is 1.30 bits per heavy atom. The number of nitrogens with zero attached hydrogens (tertiary/aromatic N) is 3. The van der Waals surface area contributed by atoms with Gasteiger partial charge in [-0.3, -0.25) is 9.78 Å². The van der Waals surface area contributed by atoms with E-state index in [1.807, 2.05) is 0 Å². The summed E-state index contributed by atoms with van der Waals surface area (Å²) in [6, 6.07) is 5.62. The van der Waals surface area contributed by atoms with E-state index in [1.54, 1.807) is 0 Å². The number of aromatic amines is 1. The molecule has 0 amide bonds. The molecule has 1 fully saturated rings. The van der Waals surface area contributed by atoms with Crippen LogP contribution in [0.15, 0.2) is 40.1 Å². The number of aromatic nitrogens is 4. The number of anilines is 1. The van der Waals surface area contributed by atoms with Gasteiger partial charge in [0.1, 0.15) is 11.2 Å². The van der Waals surface area contributed by atoms with Gasteiger partial charge in [-0.25, -0.2) is 18.7 Å². The summed E-state index contributed by atoms with van der Waals surface area (Å²) in [6.07, 6.45) is 3.47. The third-order valence-electron chi connectivity index (χ3n) is 3.63. The number of nitrogens with one attached hydrogen (secondary N) is 2. The van der Waals surface area contributed by atoms with Crippen molar-refractivity contribution in [3.8, 4) is 5.69 Å². The van der Waals surface area contributed by atoms with E-state index in [1.165, 1.54) is 24.4 Å². The Morgan fingerprint density at radius 2 is 2.13 bits per heavy atom. The second-order valence-corrected chi connectivity index (χ2v) is 5.43.